The number of aromatic nitrogens is 2. The third-order valence-corrected chi connectivity index (χ3v) is 4.80. The summed E-state index contributed by atoms with van der Waals surface area (Å²) in [6.07, 6.45) is 0.954. The average Bonchev–Trinajstić information content (AvgIpc) is 2.52. The van der Waals surface area contributed by atoms with Gasteiger partial charge in [0.1, 0.15) is 5.82 Å². The first-order valence-corrected chi connectivity index (χ1v) is 7.77. The van der Waals surface area contributed by atoms with Crippen molar-refractivity contribution < 1.29 is 4.74 Å². The van der Waals surface area contributed by atoms with E-state index < -0.39 is 5.72 Å². The molecular formula is C17H20ClN3O. The van der Waals surface area contributed by atoms with Crippen molar-refractivity contribution in [2.75, 3.05) is 18.6 Å². The monoisotopic (exact) mass is 317 g/mol. The van der Waals surface area contributed by atoms with E-state index in [2.05, 4.69) is 40.0 Å². The fraction of sp³-hybridized carbons (Fsp3) is 0.412. The summed E-state index contributed by atoms with van der Waals surface area (Å²) in [6, 6.07) is 8.40. The lowest BCUT2D eigenvalue weighted by Crippen LogP contribution is -2.51. The molecule has 1 aliphatic heterocycles. The summed E-state index contributed by atoms with van der Waals surface area (Å²) < 4.78 is 5.93. The third-order valence-electron chi connectivity index (χ3n) is 4.63. The van der Waals surface area contributed by atoms with Gasteiger partial charge in [0.15, 0.2) is 5.72 Å². The predicted octanol–water partition coefficient (Wildman–Crippen LogP) is 3.63. The van der Waals surface area contributed by atoms with Gasteiger partial charge in [-0.3, -0.25) is 0 Å². The van der Waals surface area contributed by atoms with Crippen molar-refractivity contribution in [2.45, 2.75) is 32.9 Å². The van der Waals surface area contributed by atoms with E-state index in [1.807, 2.05) is 19.9 Å². The van der Waals surface area contributed by atoms with Crippen LogP contribution in [0.5, 0.6) is 0 Å². The molecule has 0 spiro atoms. The first-order valence-electron chi connectivity index (χ1n) is 7.39. The molecule has 5 heteroatoms. The van der Waals surface area contributed by atoms with Gasteiger partial charge in [-0.1, -0.05) is 24.3 Å². The summed E-state index contributed by atoms with van der Waals surface area (Å²) in [6.45, 7) is 6.89. The Bertz CT molecular complexity index is 719. The number of hydrogen-bond donors (Lipinski definition) is 0. The molecule has 0 bridgehead atoms. The Hall–Kier alpha value is -1.65. The van der Waals surface area contributed by atoms with Crippen LogP contribution in [-0.2, 0) is 16.9 Å². The Morgan fingerprint density at radius 2 is 1.95 bits per heavy atom. The highest BCUT2D eigenvalue weighted by molar-refractivity contribution is 6.28. The molecule has 3 rings (SSSR count). The van der Waals surface area contributed by atoms with E-state index in [9.17, 15) is 0 Å². The largest absolute Gasteiger partial charge is 0.355 e. The zero-order valence-corrected chi connectivity index (χ0v) is 14.1. The quantitative estimate of drug-likeness (QED) is 0.793. The van der Waals surface area contributed by atoms with Crippen LogP contribution >= 0.6 is 11.6 Å². The lowest BCUT2D eigenvalue weighted by Gasteiger charge is -2.46. The number of halogens is 1. The van der Waals surface area contributed by atoms with E-state index in [4.69, 9.17) is 16.3 Å². The summed E-state index contributed by atoms with van der Waals surface area (Å²) in [7, 11) is 1.74. The van der Waals surface area contributed by atoms with Gasteiger partial charge in [0, 0.05) is 30.5 Å². The second-order valence-electron chi connectivity index (χ2n) is 5.77. The molecule has 1 atom stereocenters. The van der Waals surface area contributed by atoms with Gasteiger partial charge < -0.3 is 9.64 Å². The van der Waals surface area contributed by atoms with E-state index in [0.717, 1.165) is 30.0 Å². The van der Waals surface area contributed by atoms with Crippen LogP contribution in [0.15, 0.2) is 24.3 Å². The summed E-state index contributed by atoms with van der Waals surface area (Å²) in [5.41, 5.74) is 3.86. The summed E-state index contributed by atoms with van der Waals surface area (Å²) in [5.74, 6) is 0.844. The average molecular weight is 318 g/mol. The topological polar surface area (TPSA) is 38.2 Å². The molecule has 1 aliphatic rings. The normalized spacial score (nSPS) is 20.9. The van der Waals surface area contributed by atoms with Gasteiger partial charge >= 0.3 is 0 Å². The van der Waals surface area contributed by atoms with Crippen molar-refractivity contribution in [3.8, 4) is 0 Å². The first-order chi connectivity index (χ1) is 10.5. The van der Waals surface area contributed by atoms with Crippen LogP contribution in [0, 0.1) is 13.8 Å². The Morgan fingerprint density at radius 1 is 1.23 bits per heavy atom. The minimum Gasteiger partial charge on any atom is -0.355 e. The maximum absolute atomic E-state index is 6.09. The van der Waals surface area contributed by atoms with Crippen molar-refractivity contribution in [1.82, 2.24) is 9.97 Å². The molecule has 0 fully saturated rings. The molecule has 0 aliphatic carbocycles. The molecule has 2 heterocycles. The van der Waals surface area contributed by atoms with Gasteiger partial charge in [-0.05, 0) is 44.4 Å². The Labute approximate surface area is 136 Å². The minimum atomic E-state index is -0.566. The molecule has 116 valence electrons. The fourth-order valence-corrected chi connectivity index (χ4v) is 3.36. The molecule has 0 saturated heterocycles. The number of benzene rings is 1. The SMILES string of the molecule is COC1(C)c2ccccc2CCN1c1nc(Cl)nc(C)c1C. The van der Waals surface area contributed by atoms with Gasteiger partial charge in [0.25, 0.3) is 0 Å². The van der Waals surface area contributed by atoms with Crippen LogP contribution in [0.25, 0.3) is 0 Å². The maximum atomic E-state index is 6.09. The van der Waals surface area contributed by atoms with Crippen LogP contribution in [0.3, 0.4) is 0 Å². The molecule has 22 heavy (non-hydrogen) atoms. The van der Waals surface area contributed by atoms with Crippen molar-refractivity contribution in [2.24, 2.45) is 0 Å². The third kappa shape index (κ3) is 2.27. The molecule has 1 aromatic heterocycles. The van der Waals surface area contributed by atoms with Gasteiger partial charge in [0.2, 0.25) is 5.28 Å². The maximum Gasteiger partial charge on any atom is 0.224 e. The predicted molar refractivity (Wildman–Crippen MR) is 88.4 cm³/mol. The standard InChI is InChI=1S/C17H20ClN3O/c1-11-12(2)19-16(18)20-15(11)21-10-9-13-7-5-6-8-14(13)17(21,3)22-4/h5-8H,9-10H2,1-4H3. The van der Waals surface area contributed by atoms with Crippen LogP contribution in [-0.4, -0.2) is 23.6 Å². The number of nitrogens with zero attached hydrogens (tertiary/aromatic N) is 3. The number of ether oxygens (including phenoxy) is 1. The second-order valence-corrected chi connectivity index (χ2v) is 6.11. The summed E-state index contributed by atoms with van der Waals surface area (Å²) in [5, 5.41) is 0.274. The summed E-state index contributed by atoms with van der Waals surface area (Å²) in [4.78, 5) is 10.9. The number of rotatable bonds is 2. The molecule has 1 aromatic carbocycles. The van der Waals surface area contributed by atoms with Crippen molar-refractivity contribution in [3.63, 3.8) is 0 Å². The van der Waals surface area contributed by atoms with Gasteiger partial charge in [-0.15, -0.1) is 0 Å². The zero-order valence-electron chi connectivity index (χ0n) is 13.4. The van der Waals surface area contributed by atoms with Crippen molar-refractivity contribution in [1.29, 1.82) is 0 Å². The van der Waals surface area contributed by atoms with E-state index >= 15 is 0 Å². The van der Waals surface area contributed by atoms with Crippen LogP contribution < -0.4 is 4.90 Å². The molecular weight excluding hydrogens is 298 g/mol. The zero-order chi connectivity index (χ0) is 15.9. The van der Waals surface area contributed by atoms with E-state index in [1.165, 1.54) is 11.1 Å². The Balaban J connectivity index is 2.17. The number of hydrogen-bond acceptors (Lipinski definition) is 4. The van der Waals surface area contributed by atoms with E-state index in [0.29, 0.717) is 0 Å². The smallest absolute Gasteiger partial charge is 0.224 e. The highest BCUT2D eigenvalue weighted by Crippen LogP contribution is 2.40. The highest BCUT2D eigenvalue weighted by atomic mass is 35.5. The molecule has 2 aromatic rings. The molecule has 1 unspecified atom stereocenters. The number of methoxy groups -OCH3 is 1. The van der Waals surface area contributed by atoms with E-state index in [1.54, 1.807) is 7.11 Å². The Morgan fingerprint density at radius 3 is 2.68 bits per heavy atom. The van der Waals surface area contributed by atoms with Crippen molar-refractivity contribution in [3.05, 3.63) is 51.9 Å². The van der Waals surface area contributed by atoms with Gasteiger partial charge in [-0.2, -0.15) is 0 Å². The molecule has 4 nitrogen and oxygen atoms in total. The second kappa shape index (κ2) is 5.52. The molecule has 0 N–H and O–H groups in total. The van der Waals surface area contributed by atoms with Crippen molar-refractivity contribution >= 4 is 17.4 Å². The lowest BCUT2D eigenvalue weighted by molar-refractivity contribution is -0.00652. The summed E-state index contributed by atoms with van der Waals surface area (Å²) >= 11 is 6.09. The molecule has 0 amide bonds. The molecule has 0 radical (unpaired) electrons. The van der Waals surface area contributed by atoms with E-state index in [-0.39, 0.29) is 5.28 Å². The number of fused-ring (bicyclic) bond motifs is 1. The first kappa shape index (κ1) is 15.3. The van der Waals surface area contributed by atoms with Gasteiger partial charge in [-0.25, -0.2) is 9.97 Å². The highest BCUT2D eigenvalue weighted by Gasteiger charge is 2.40. The lowest BCUT2D eigenvalue weighted by atomic mass is 9.90. The van der Waals surface area contributed by atoms with Crippen LogP contribution in [0.4, 0.5) is 5.82 Å². The van der Waals surface area contributed by atoms with Crippen LogP contribution in [0.1, 0.15) is 29.3 Å². The molecule has 0 saturated carbocycles. The number of aryl methyl sites for hydroxylation is 1. The number of anilines is 1. The minimum absolute atomic E-state index is 0.274. The van der Waals surface area contributed by atoms with Gasteiger partial charge in [0.05, 0.1) is 0 Å². The fourth-order valence-electron chi connectivity index (χ4n) is 3.15. The van der Waals surface area contributed by atoms with Crippen LogP contribution in [0.2, 0.25) is 5.28 Å². The Kier molecular flexibility index (Phi) is 3.83.